The molecule has 0 spiro atoms. The van der Waals surface area contributed by atoms with Crippen molar-refractivity contribution in [2.75, 3.05) is 10.6 Å². The van der Waals surface area contributed by atoms with Crippen LogP contribution in [0.5, 0.6) is 0 Å². The van der Waals surface area contributed by atoms with Crippen LogP contribution in [0.3, 0.4) is 0 Å². The Hall–Kier alpha value is -4.13. The average molecular weight is 429 g/mol. The Labute approximate surface area is 185 Å². The molecule has 4 rings (SSSR count). The van der Waals surface area contributed by atoms with Crippen molar-refractivity contribution in [3.8, 4) is 0 Å². The zero-order valence-electron chi connectivity index (χ0n) is 18.1. The highest BCUT2D eigenvalue weighted by Crippen LogP contribution is 2.32. The largest absolute Gasteiger partial charge is 0.467 e. The Morgan fingerprint density at radius 1 is 0.938 bits per heavy atom. The standard InChI is InChI=1S/C25H23N3O4/c1-15-11-16(2)13-20(12-15)27-23-22(18-6-8-19(9-7-18)26-17(3)29)24(30)28(25(23)31)14-21-5-4-10-32-21/h4-13,27H,14H2,1-3H3,(H,26,29). The SMILES string of the molecule is CC(=O)Nc1ccc(C2=C(Nc3cc(C)cc(C)c3)C(=O)N(Cc3ccco3)C2=O)cc1. The van der Waals surface area contributed by atoms with Crippen molar-refractivity contribution in [3.63, 3.8) is 0 Å². The molecule has 2 aromatic carbocycles. The molecule has 0 fully saturated rings. The van der Waals surface area contributed by atoms with E-state index >= 15 is 0 Å². The number of carbonyl (C=O) groups excluding carboxylic acids is 3. The monoisotopic (exact) mass is 429 g/mol. The van der Waals surface area contributed by atoms with Gasteiger partial charge in [0.25, 0.3) is 11.8 Å². The predicted molar refractivity (Wildman–Crippen MR) is 121 cm³/mol. The van der Waals surface area contributed by atoms with Crippen LogP contribution in [0.1, 0.15) is 29.4 Å². The molecule has 0 saturated carbocycles. The summed E-state index contributed by atoms with van der Waals surface area (Å²) in [5.74, 6) is -0.511. The summed E-state index contributed by atoms with van der Waals surface area (Å²) in [7, 11) is 0. The highest BCUT2D eigenvalue weighted by Gasteiger charge is 2.39. The predicted octanol–water partition coefficient (Wildman–Crippen LogP) is 4.25. The van der Waals surface area contributed by atoms with E-state index in [4.69, 9.17) is 4.42 Å². The van der Waals surface area contributed by atoms with Crippen molar-refractivity contribution in [2.45, 2.75) is 27.3 Å². The third-order valence-corrected chi connectivity index (χ3v) is 5.05. The Morgan fingerprint density at radius 2 is 1.62 bits per heavy atom. The summed E-state index contributed by atoms with van der Waals surface area (Å²) < 4.78 is 5.35. The second-order valence-corrected chi connectivity index (χ2v) is 7.79. The van der Waals surface area contributed by atoms with Crippen molar-refractivity contribution in [1.82, 2.24) is 4.90 Å². The summed E-state index contributed by atoms with van der Waals surface area (Å²) in [6.07, 6.45) is 1.50. The minimum Gasteiger partial charge on any atom is -0.467 e. The molecule has 0 saturated heterocycles. The lowest BCUT2D eigenvalue weighted by Crippen LogP contribution is -2.31. The van der Waals surface area contributed by atoms with E-state index in [1.54, 1.807) is 36.4 Å². The Balaban J connectivity index is 1.74. The van der Waals surface area contributed by atoms with Crippen LogP contribution < -0.4 is 10.6 Å². The summed E-state index contributed by atoms with van der Waals surface area (Å²) in [5.41, 5.74) is 4.47. The Kier molecular flexibility index (Phi) is 5.64. The number of amides is 3. The smallest absolute Gasteiger partial charge is 0.278 e. The van der Waals surface area contributed by atoms with E-state index in [9.17, 15) is 14.4 Å². The number of nitrogens with one attached hydrogen (secondary N) is 2. The second kappa shape index (κ2) is 8.55. The minimum atomic E-state index is -0.425. The molecule has 7 heteroatoms. The number of aryl methyl sites for hydroxylation is 2. The second-order valence-electron chi connectivity index (χ2n) is 7.79. The van der Waals surface area contributed by atoms with Gasteiger partial charge in [-0.15, -0.1) is 0 Å². The van der Waals surface area contributed by atoms with Gasteiger partial charge in [0.15, 0.2) is 0 Å². The van der Waals surface area contributed by atoms with Gasteiger partial charge in [0.1, 0.15) is 11.5 Å². The average Bonchev–Trinajstić information content (AvgIpc) is 3.31. The van der Waals surface area contributed by atoms with Crippen molar-refractivity contribution in [2.24, 2.45) is 0 Å². The summed E-state index contributed by atoms with van der Waals surface area (Å²) in [4.78, 5) is 39.1. The van der Waals surface area contributed by atoms with Crippen molar-refractivity contribution in [1.29, 1.82) is 0 Å². The molecule has 0 radical (unpaired) electrons. The van der Waals surface area contributed by atoms with Gasteiger partial charge < -0.3 is 15.1 Å². The summed E-state index contributed by atoms with van der Waals surface area (Å²) in [5, 5.41) is 5.87. The fraction of sp³-hybridized carbons (Fsp3) is 0.160. The van der Waals surface area contributed by atoms with Gasteiger partial charge in [-0.1, -0.05) is 18.2 Å². The van der Waals surface area contributed by atoms with Crippen LogP contribution in [0.15, 0.2) is 71.0 Å². The Morgan fingerprint density at radius 3 is 2.22 bits per heavy atom. The van der Waals surface area contributed by atoms with Gasteiger partial charge in [0, 0.05) is 18.3 Å². The first-order valence-corrected chi connectivity index (χ1v) is 10.2. The zero-order valence-corrected chi connectivity index (χ0v) is 18.1. The van der Waals surface area contributed by atoms with Crippen LogP contribution in [-0.4, -0.2) is 22.6 Å². The van der Waals surface area contributed by atoms with Gasteiger partial charge >= 0.3 is 0 Å². The minimum absolute atomic E-state index is 0.0379. The van der Waals surface area contributed by atoms with Crippen LogP contribution in [0, 0.1) is 13.8 Å². The Bertz CT molecular complexity index is 1200. The van der Waals surface area contributed by atoms with Gasteiger partial charge in [-0.05, 0) is 66.9 Å². The van der Waals surface area contributed by atoms with Crippen LogP contribution in [-0.2, 0) is 20.9 Å². The van der Waals surface area contributed by atoms with Crippen molar-refractivity contribution < 1.29 is 18.8 Å². The first kappa shape index (κ1) is 21.1. The number of hydrogen-bond acceptors (Lipinski definition) is 5. The number of carbonyl (C=O) groups is 3. The van der Waals surface area contributed by atoms with Gasteiger partial charge in [-0.2, -0.15) is 0 Å². The first-order valence-electron chi connectivity index (χ1n) is 10.2. The lowest BCUT2D eigenvalue weighted by molar-refractivity contribution is -0.137. The van der Waals surface area contributed by atoms with E-state index in [-0.39, 0.29) is 23.7 Å². The van der Waals surface area contributed by atoms with Crippen LogP contribution >= 0.6 is 0 Å². The molecular weight excluding hydrogens is 406 g/mol. The topological polar surface area (TPSA) is 91.7 Å². The normalized spacial score (nSPS) is 13.7. The van der Waals surface area contributed by atoms with Gasteiger partial charge in [-0.25, -0.2) is 0 Å². The number of hydrogen-bond donors (Lipinski definition) is 2. The third-order valence-electron chi connectivity index (χ3n) is 5.05. The molecule has 0 aliphatic carbocycles. The van der Waals surface area contributed by atoms with E-state index < -0.39 is 11.8 Å². The van der Waals surface area contributed by atoms with Gasteiger partial charge in [-0.3, -0.25) is 19.3 Å². The molecule has 162 valence electrons. The van der Waals surface area contributed by atoms with E-state index in [2.05, 4.69) is 10.6 Å². The maximum atomic E-state index is 13.3. The van der Waals surface area contributed by atoms with Crippen LogP contribution in [0.4, 0.5) is 11.4 Å². The summed E-state index contributed by atoms with van der Waals surface area (Å²) >= 11 is 0. The maximum absolute atomic E-state index is 13.3. The van der Waals surface area contributed by atoms with Crippen molar-refractivity contribution in [3.05, 3.63) is 89.0 Å². The fourth-order valence-corrected chi connectivity index (χ4v) is 3.78. The molecular formula is C25H23N3O4. The van der Waals surface area contributed by atoms with Crippen LogP contribution in [0.25, 0.3) is 5.57 Å². The summed E-state index contributed by atoms with van der Waals surface area (Å²) in [6, 6.07) is 16.1. The van der Waals surface area contributed by atoms with E-state index in [1.165, 1.54) is 18.1 Å². The number of anilines is 2. The molecule has 0 bridgehead atoms. The van der Waals surface area contributed by atoms with Gasteiger partial charge in [0.05, 0.1) is 18.4 Å². The molecule has 1 aromatic heterocycles. The molecule has 1 aliphatic rings. The molecule has 1 aliphatic heterocycles. The molecule has 32 heavy (non-hydrogen) atoms. The molecule has 2 heterocycles. The highest BCUT2D eigenvalue weighted by molar-refractivity contribution is 6.36. The molecule has 7 nitrogen and oxygen atoms in total. The van der Waals surface area contributed by atoms with Crippen molar-refractivity contribution >= 4 is 34.7 Å². The molecule has 0 atom stereocenters. The van der Waals surface area contributed by atoms with E-state index in [0.29, 0.717) is 17.0 Å². The summed E-state index contributed by atoms with van der Waals surface area (Å²) in [6.45, 7) is 5.41. The number of furan rings is 1. The van der Waals surface area contributed by atoms with E-state index in [1.807, 2.05) is 32.0 Å². The lowest BCUT2D eigenvalue weighted by Gasteiger charge is -2.14. The van der Waals surface area contributed by atoms with Gasteiger partial charge in [0.2, 0.25) is 5.91 Å². The third kappa shape index (κ3) is 4.32. The van der Waals surface area contributed by atoms with Crippen LogP contribution in [0.2, 0.25) is 0 Å². The first-order chi connectivity index (χ1) is 15.3. The number of imide groups is 1. The zero-order chi connectivity index (χ0) is 22.8. The molecule has 0 unspecified atom stereocenters. The number of benzene rings is 2. The maximum Gasteiger partial charge on any atom is 0.278 e. The van der Waals surface area contributed by atoms with E-state index in [0.717, 1.165) is 16.8 Å². The molecule has 3 amide bonds. The lowest BCUT2D eigenvalue weighted by atomic mass is 10.0. The number of rotatable bonds is 6. The highest BCUT2D eigenvalue weighted by atomic mass is 16.3. The fourth-order valence-electron chi connectivity index (χ4n) is 3.78. The molecule has 3 aromatic rings. The molecule has 2 N–H and O–H groups in total. The number of nitrogens with zero attached hydrogens (tertiary/aromatic N) is 1. The quantitative estimate of drug-likeness (QED) is 0.572.